The molecule has 0 spiro atoms. The summed E-state index contributed by atoms with van der Waals surface area (Å²) in [6.07, 6.45) is 3.18. The summed E-state index contributed by atoms with van der Waals surface area (Å²) in [6, 6.07) is 10.4. The van der Waals surface area contributed by atoms with Gasteiger partial charge in [-0.1, -0.05) is 30.3 Å². The molecule has 0 saturated carbocycles. The number of carbonyl (C=O) groups excluding carboxylic acids is 2. The second-order valence-electron chi connectivity index (χ2n) is 6.80. The fourth-order valence-electron chi connectivity index (χ4n) is 3.12. The van der Waals surface area contributed by atoms with E-state index in [1.54, 1.807) is 25.5 Å². The van der Waals surface area contributed by atoms with Gasteiger partial charge in [-0.15, -0.1) is 0 Å². The zero-order valence-corrected chi connectivity index (χ0v) is 17.9. The van der Waals surface area contributed by atoms with Gasteiger partial charge < -0.3 is 10.1 Å². The van der Waals surface area contributed by atoms with Gasteiger partial charge >= 0.3 is 0 Å². The quantitative estimate of drug-likeness (QED) is 0.635. The van der Waals surface area contributed by atoms with E-state index >= 15 is 0 Å². The van der Waals surface area contributed by atoms with E-state index in [4.69, 9.17) is 4.74 Å². The molecule has 0 saturated heterocycles. The molecule has 3 aromatic rings. The first-order valence-corrected chi connectivity index (χ1v) is 9.99. The van der Waals surface area contributed by atoms with Crippen LogP contribution < -0.4 is 15.0 Å². The number of hydrogen-bond acceptors (Lipinski definition) is 6. The van der Waals surface area contributed by atoms with E-state index < -0.39 is 11.9 Å². The maximum atomic E-state index is 12.8. The zero-order chi connectivity index (χ0) is 21.3. The molecule has 1 N–H and O–H groups in total. The number of amides is 2. The van der Waals surface area contributed by atoms with E-state index in [1.807, 2.05) is 37.3 Å². The molecule has 0 fully saturated rings. The number of aryl methyl sites for hydroxylation is 1. The van der Waals surface area contributed by atoms with Crippen molar-refractivity contribution < 1.29 is 14.3 Å². The Kier molecular flexibility index (Phi) is 5.45. The number of nitrogens with one attached hydrogen (secondary N) is 1. The largest absolute Gasteiger partial charge is 0.487 e. The number of likely N-dealkylation sites (N-methyl/N-ethyl adjacent to an activating group) is 1. The lowest BCUT2D eigenvalue weighted by atomic mass is 10.1. The van der Waals surface area contributed by atoms with Crippen LogP contribution in [0.5, 0.6) is 5.75 Å². The highest BCUT2D eigenvalue weighted by Gasteiger charge is 2.32. The Bertz CT molecular complexity index is 1120. The molecule has 0 bridgehead atoms. The Labute approximate surface area is 181 Å². The molecule has 4 rings (SSSR count). The van der Waals surface area contributed by atoms with Gasteiger partial charge in [0.05, 0.1) is 5.69 Å². The number of halogens is 1. The summed E-state index contributed by atoms with van der Waals surface area (Å²) in [5.41, 5.74) is 2.39. The number of ether oxygens (including phenoxy) is 1. The molecule has 0 aliphatic carbocycles. The Morgan fingerprint density at radius 2 is 2.00 bits per heavy atom. The van der Waals surface area contributed by atoms with Gasteiger partial charge in [-0.05, 0) is 34.5 Å². The molecular formula is C21H18BrN5O3. The van der Waals surface area contributed by atoms with E-state index in [1.165, 1.54) is 4.90 Å². The second-order valence-corrected chi connectivity index (χ2v) is 7.72. The third kappa shape index (κ3) is 3.88. The maximum absolute atomic E-state index is 12.8. The van der Waals surface area contributed by atoms with Crippen LogP contribution in [-0.2, 0) is 4.79 Å². The van der Waals surface area contributed by atoms with Crippen molar-refractivity contribution in [2.24, 2.45) is 0 Å². The van der Waals surface area contributed by atoms with E-state index in [-0.39, 0.29) is 18.3 Å². The van der Waals surface area contributed by atoms with E-state index in [9.17, 15) is 9.59 Å². The number of carbonyl (C=O) groups is 2. The fraction of sp³-hybridized carbons (Fsp3) is 0.190. The van der Waals surface area contributed by atoms with Gasteiger partial charge in [0.15, 0.2) is 11.6 Å². The summed E-state index contributed by atoms with van der Waals surface area (Å²) in [6.45, 7) is 1.85. The molecule has 0 radical (unpaired) electrons. The van der Waals surface area contributed by atoms with Crippen LogP contribution in [0, 0.1) is 6.92 Å². The number of benzene rings is 1. The normalized spacial score (nSPS) is 15.8. The van der Waals surface area contributed by atoms with Crippen molar-refractivity contribution in [3.8, 4) is 17.0 Å². The van der Waals surface area contributed by atoms with Crippen LogP contribution >= 0.6 is 15.9 Å². The standard InChI is InChI=1S/C21H18BrN5O3/c1-12-9-23-18(26-17(12)13-6-4-3-5-7-13)20(28)25-15-11-30-16-8-14(22)10-24-19(16)27(2)21(15)29/h3-10,15H,11H2,1-2H3,(H,25,28). The average Bonchev–Trinajstić information content (AvgIpc) is 2.86. The number of pyridine rings is 1. The number of aromatic nitrogens is 3. The summed E-state index contributed by atoms with van der Waals surface area (Å²) in [4.78, 5) is 39.8. The molecule has 152 valence electrons. The highest BCUT2D eigenvalue weighted by Crippen LogP contribution is 2.30. The predicted octanol–water partition coefficient (Wildman–Crippen LogP) is 2.76. The molecule has 1 aliphatic rings. The first-order valence-electron chi connectivity index (χ1n) is 9.20. The van der Waals surface area contributed by atoms with Crippen molar-refractivity contribution >= 4 is 33.6 Å². The van der Waals surface area contributed by atoms with Crippen molar-refractivity contribution in [1.82, 2.24) is 20.3 Å². The Morgan fingerprint density at radius 1 is 1.23 bits per heavy atom. The summed E-state index contributed by atoms with van der Waals surface area (Å²) >= 11 is 3.34. The average molecular weight is 468 g/mol. The summed E-state index contributed by atoms with van der Waals surface area (Å²) in [5.74, 6) is -0.0692. The van der Waals surface area contributed by atoms with E-state index in [0.717, 1.165) is 15.6 Å². The van der Waals surface area contributed by atoms with Crippen LogP contribution in [0.1, 0.15) is 16.2 Å². The summed E-state index contributed by atoms with van der Waals surface area (Å²) < 4.78 is 6.45. The molecule has 1 aliphatic heterocycles. The number of nitrogens with zero attached hydrogens (tertiary/aromatic N) is 4. The third-order valence-electron chi connectivity index (χ3n) is 4.68. The van der Waals surface area contributed by atoms with Gasteiger partial charge in [0.1, 0.15) is 12.6 Å². The lowest BCUT2D eigenvalue weighted by molar-refractivity contribution is -0.120. The highest BCUT2D eigenvalue weighted by atomic mass is 79.9. The van der Waals surface area contributed by atoms with Crippen molar-refractivity contribution in [3.05, 3.63) is 64.7 Å². The minimum atomic E-state index is -0.902. The predicted molar refractivity (Wildman–Crippen MR) is 114 cm³/mol. The summed E-state index contributed by atoms with van der Waals surface area (Å²) in [7, 11) is 1.59. The van der Waals surface area contributed by atoms with Crippen molar-refractivity contribution in [2.45, 2.75) is 13.0 Å². The smallest absolute Gasteiger partial charge is 0.289 e. The van der Waals surface area contributed by atoms with Gasteiger partial charge in [-0.25, -0.2) is 15.0 Å². The first-order chi connectivity index (χ1) is 14.4. The van der Waals surface area contributed by atoms with Crippen LogP contribution in [0.25, 0.3) is 11.3 Å². The molecular weight excluding hydrogens is 450 g/mol. The molecule has 1 aromatic carbocycles. The Hall–Kier alpha value is -3.33. The van der Waals surface area contributed by atoms with Crippen LogP contribution in [-0.4, -0.2) is 46.5 Å². The minimum Gasteiger partial charge on any atom is -0.487 e. The molecule has 2 amide bonds. The van der Waals surface area contributed by atoms with Crippen molar-refractivity contribution in [3.63, 3.8) is 0 Å². The van der Waals surface area contributed by atoms with Gasteiger partial charge in [0.25, 0.3) is 11.8 Å². The molecule has 1 atom stereocenters. The fourth-order valence-corrected chi connectivity index (χ4v) is 3.43. The Balaban J connectivity index is 1.57. The van der Waals surface area contributed by atoms with Crippen LogP contribution in [0.4, 0.5) is 5.82 Å². The van der Waals surface area contributed by atoms with Gasteiger partial charge in [0, 0.05) is 29.5 Å². The SMILES string of the molecule is Cc1cnc(C(=O)NC2COc3cc(Br)cnc3N(C)C2=O)nc1-c1ccccc1. The molecule has 8 nitrogen and oxygen atoms in total. The lowest BCUT2D eigenvalue weighted by Gasteiger charge is -2.19. The number of anilines is 1. The van der Waals surface area contributed by atoms with Crippen LogP contribution in [0.3, 0.4) is 0 Å². The van der Waals surface area contributed by atoms with Gasteiger partial charge in [-0.2, -0.15) is 0 Å². The zero-order valence-electron chi connectivity index (χ0n) is 16.3. The molecule has 1 unspecified atom stereocenters. The maximum Gasteiger partial charge on any atom is 0.289 e. The van der Waals surface area contributed by atoms with E-state index in [2.05, 4.69) is 36.2 Å². The highest BCUT2D eigenvalue weighted by molar-refractivity contribution is 9.10. The van der Waals surface area contributed by atoms with Gasteiger partial charge in [0.2, 0.25) is 5.82 Å². The third-order valence-corrected chi connectivity index (χ3v) is 5.11. The topological polar surface area (TPSA) is 97.3 Å². The molecule has 2 aromatic heterocycles. The molecule has 3 heterocycles. The lowest BCUT2D eigenvalue weighted by Crippen LogP contribution is -2.49. The van der Waals surface area contributed by atoms with Gasteiger partial charge in [-0.3, -0.25) is 14.5 Å². The number of fused-ring (bicyclic) bond motifs is 1. The number of rotatable bonds is 3. The monoisotopic (exact) mass is 467 g/mol. The van der Waals surface area contributed by atoms with Crippen molar-refractivity contribution in [1.29, 1.82) is 0 Å². The first kappa shape index (κ1) is 20.0. The second kappa shape index (κ2) is 8.19. The molecule has 9 heteroatoms. The van der Waals surface area contributed by atoms with Crippen LogP contribution in [0.2, 0.25) is 0 Å². The minimum absolute atomic E-state index is 0.0162. The Morgan fingerprint density at radius 3 is 2.77 bits per heavy atom. The van der Waals surface area contributed by atoms with Crippen molar-refractivity contribution in [2.75, 3.05) is 18.6 Å². The number of hydrogen-bond donors (Lipinski definition) is 1. The van der Waals surface area contributed by atoms with E-state index in [0.29, 0.717) is 17.3 Å². The summed E-state index contributed by atoms with van der Waals surface area (Å²) in [5, 5.41) is 2.68. The molecule has 30 heavy (non-hydrogen) atoms. The van der Waals surface area contributed by atoms with Crippen LogP contribution in [0.15, 0.2) is 53.3 Å².